The largest absolute Gasteiger partial charge is 0.514 e. The molecule has 5 aromatic heterocycles. The number of nitrogen functional groups attached to an aromatic ring is 1. The fraction of sp³-hybridized carbons (Fsp3) is 0.535. The van der Waals surface area contributed by atoms with E-state index in [4.69, 9.17) is 50.6 Å². The van der Waals surface area contributed by atoms with Crippen molar-refractivity contribution in [2.45, 2.75) is 136 Å². The van der Waals surface area contributed by atoms with Crippen LogP contribution in [0.15, 0.2) is 54.6 Å². The van der Waals surface area contributed by atoms with Crippen molar-refractivity contribution in [1.82, 2.24) is 39.5 Å². The minimum atomic E-state index is -0.614. The Morgan fingerprint density at radius 1 is 0.672 bits per heavy atom. The standard InChI is InChI=1S/C16H21BN4O3.C15H22BN3O4S.C12H17BN4O2/c1-15(2)16(3,4)24-17(23-15)11-6-5-7-12-18-14(20-21(11)12)19-13(22)10-8-9-10;1-6-21-13(20)19-12(24)18-11-9-7-8-10(17-11)16-22-14(2,3)15(4,5)23-16;1-11(2)12(3,4)19-13(18-11)8-6-5-7-9-15-10(14)16-17(8)9/h5-7,10H,8-9H2,1-4H3,(H,19,20,22);7-9H,6H2,1-5H3,(H2,17,18,19,20,24);5-7H,1-4H3,(H2,14,16). The fourth-order valence-electron chi connectivity index (χ4n) is 6.79. The summed E-state index contributed by atoms with van der Waals surface area (Å²) in [5.41, 5.74) is 6.64. The van der Waals surface area contributed by atoms with Crippen LogP contribution >= 0.6 is 12.2 Å². The van der Waals surface area contributed by atoms with E-state index in [0.717, 1.165) is 24.0 Å². The van der Waals surface area contributed by atoms with Gasteiger partial charge in [-0.25, -0.2) is 18.8 Å². The number of hydrogen-bond acceptors (Lipinski definition) is 16. The Kier molecular flexibility index (Phi) is 13.6. The Hall–Kier alpha value is -5.23. The summed E-state index contributed by atoms with van der Waals surface area (Å²) in [5, 5.41) is 16.7. The third-order valence-corrected chi connectivity index (χ3v) is 13.2. The molecule has 4 aliphatic rings. The number of nitrogens with zero attached hydrogens (tertiary/aromatic N) is 7. The number of pyridine rings is 3. The number of aromatic nitrogens is 7. The summed E-state index contributed by atoms with van der Waals surface area (Å²) >= 11 is 5.05. The van der Waals surface area contributed by atoms with Crippen molar-refractivity contribution in [2.24, 2.45) is 5.92 Å². The maximum absolute atomic E-state index is 11.9. The van der Waals surface area contributed by atoms with Crippen LogP contribution in [0, 0.1) is 5.92 Å². The number of thiocarbonyl (C=S) groups is 1. The number of nitrogens with one attached hydrogen (secondary N) is 3. The molecule has 1 aliphatic carbocycles. The predicted octanol–water partition coefficient (Wildman–Crippen LogP) is 3.81. The summed E-state index contributed by atoms with van der Waals surface area (Å²) in [7, 11) is -1.58. The third-order valence-electron chi connectivity index (χ3n) is 13.0. The van der Waals surface area contributed by atoms with Crippen LogP contribution in [0.1, 0.15) is 103 Å². The van der Waals surface area contributed by atoms with Crippen molar-refractivity contribution in [3.8, 4) is 0 Å². The second-order valence-electron chi connectivity index (χ2n) is 19.6. The first-order chi connectivity index (χ1) is 31.2. The van der Waals surface area contributed by atoms with Crippen molar-refractivity contribution < 1.29 is 42.3 Å². The van der Waals surface area contributed by atoms with E-state index in [0.29, 0.717) is 28.7 Å². The lowest BCUT2D eigenvalue weighted by Crippen LogP contribution is -2.41. The van der Waals surface area contributed by atoms with Crippen LogP contribution in [0.5, 0.6) is 0 Å². The van der Waals surface area contributed by atoms with Crippen molar-refractivity contribution in [1.29, 1.82) is 0 Å². The van der Waals surface area contributed by atoms with Gasteiger partial charge in [0.25, 0.3) is 0 Å². The molecule has 3 saturated heterocycles. The van der Waals surface area contributed by atoms with Gasteiger partial charge in [0, 0.05) is 5.92 Å². The van der Waals surface area contributed by atoms with E-state index in [1.807, 2.05) is 132 Å². The second-order valence-corrected chi connectivity index (χ2v) is 20.0. The maximum Gasteiger partial charge on any atom is 0.514 e. The molecule has 0 radical (unpaired) electrons. The van der Waals surface area contributed by atoms with E-state index in [-0.39, 0.29) is 40.7 Å². The lowest BCUT2D eigenvalue weighted by molar-refractivity contribution is -0.117. The molecule has 0 aromatic carbocycles. The van der Waals surface area contributed by atoms with Gasteiger partial charge >= 0.3 is 27.4 Å². The maximum atomic E-state index is 11.9. The summed E-state index contributed by atoms with van der Waals surface area (Å²) in [4.78, 5) is 36.2. The van der Waals surface area contributed by atoms with Crippen LogP contribution in [-0.4, -0.2) is 113 Å². The predicted molar refractivity (Wildman–Crippen MR) is 260 cm³/mol. The van der Waals surface area contributed by atoms with Crippen molar-refractivity contribution in [3.63, 3.8) is 0 Å². The third kappa shape index (κ3) is 10.7. The number of nitrogens with two attached hydrogens (primary N) is 1. The van der Waals surface area contributed by atoms with E-state index in [9.17, 15) is 9.59 Å². The highest BCUT2D eigenvalue weighted by molar-refractivity contribution is 7.80. The molecule has 20 nitrogen and oxygen atoms in total. The zero-order chi connectivity index (χ0) is 48.9. The van der Waals surface area contributed by atoms with E-state index in [2.05, 4.69) is 41.1 Å². The Bertz CT molecular complexity index is 2610. The summed E-state index contributed by atoms with van der Waals surface area (Å²) in [6, 6.07) is 16.6. The van der Waals surface area contributed by atoms with Gasteiger partial charge in [-0.05, 0) is 151 Å². The number of ether oxygens (including phenoxy) is 1. The zero-order valence-electron chi connectivity index (χ0n) is 40.4. The summed E-state index contributed by atoms with van der Waals surface area (Å²) in [6.07, 6.45) is 1.27. The van der Waals surface area contributed by atoms with Gasteiger partial charge in [-0.3, -0.25) is 15.4 Å². The van der Waals surface area contributed by atoms with Gasteiger partial charge in [0.2, 0.25) is 17.8 Å². The molecule has 9 rings (SSSR count). The average Bonchev–Trinajstić information content (AvgIpc) is 3.64. The van der Waals surface area contributed by atoms with Crippen molar-refractivity contribution in [3.05, 3.63) is 54.6 Å². The SMILES string of the molecule is CC1(C)OB(c2cccc3nc(N)nn23)OC1(C)C.CC1(C)OB(c2cccc3nc(NC(=O)C4CC4)nn23)OC1(C)C.CCOC(=O)NC(=S)Nc1cccc(B2OC(C)(C)C(C)(C)O2)n1. The van der Waals surface area contributed by atoms with Crippen LogP contribution in [0.25, 0.3) is 11.3 Å². The summed E-state index contributed by atoms with van der Waals surface area (Å²) in [6.45, 7) is 26.0. The Morgan fingerprint density at radius 2 is 1.13 bits per heavy atom. The smallest absolute Gasteiger partial charge is 0.450 e. The Balaban J connectivity index is 0.000000150. The van der Waals surface area contributed by atoms with Crippen LogP contribution in [0.4, 0.5) is 22.5 Å². The van der Waals surface area contributed by atoms with E-state index < -0.39 is 49.9 Å². The number of fused-ring (bicyclic) bond motifs is 2. The van der Waals surface area contributed by atoms with E-state index in [1.54, 1.807) is 22.0 Å². The number of alkyl carbamates (subject to hydrolysis) is 1. The summed E-state index contributed by atoms with van der Waals surface area (Å²) < 4.78 is 44.3. The summed E-state index contributed by atoms with van der Waals surface area (Å²) in [5.74, 6) is 1.13. The number of carbonyl (C=O) groups is 2. The topological polar surface area (TPSA) is 234 Å². The lowest BCUT2D eigenvalue weighted by atomic mass is 9.84. The number of amides is 2. The number of rotatable bonds is 7. The molecule has 0 unspecified atom stereocenters. The molecule has 0 bridgehead atoms. The molecule has 5 aromatic rings. The van der Waals surface area contributed by atoms with Crippen LogP contribution in [0.3, 0.4) is 0 Å². The van der Waals surface area contributed by atoms with E-state index in [1.165, 1.54) is 0 Å². The van der Waals surface area contributed by atoms with Gasteiger partial charge < -0.3 is 43.7 Å². The molecule has 4 fully saturated rings. The first-order valence-corrected chi connectivity index (χ1v) is 22.7. The molecule has 356 valence electrons. The highest BCUT2D eigenvalue weighted by Gasteiger charge is 2.54. The quantitative estimate of drug-likeness (QED) is 0.134. The van der Waals surface area contributed by atoms with Crippen molar-refractivity contribution >= 4 is 96.5 Å². The molecule has 1 saturated carbocycles. The molecule has 0 spiro atoms. The van der Waals surface area contributed by atoms with Crippen LogP contribution < -0.4 is 38.5 Å². The monoisotopic (exact) mass is 939 g/mol. The van der Waals surface area contributed by atoms with Gasteiger partial charge in [-0.15, -0.1) is 10.2 Å². The van der Waals surface area contributed by atoms with Gasteiger partial charge in [-0.2, -0.15) is 9.97 Å². The van der Waals surface area contributed by atoms with E-state index >= 15 is 0 Å². The van der Waals surface area contributed by atoms with Crippen LogP contribution in [0.2, 0.25) is 0 Å². The molecular weight excluding hydrogens is 879 g/mol. The molecule has 3 aliphatic heterocycles. The van der Waals surface area contributed by atoms with Crippen molar-refractivity contribution in [2.75, 3.05) is 23.0 Å². The number of carbonyl (C=O) groups excluding carboxylic acids is 2. The molecule has 24 heteroatoms. The first kappa shape index (κ1) is 49.7. The molecule has 5 N–H and O–H groups in total. The normalized spacial score (nSPS) is 20.4. The first-order valence-electron chi connectivity index (χ1n) is 22.3. The van der Waals surface area contributed by atoms with Gasteiger partial charge in [0.05, 0.1) is 57.0 Å². The highest BCUT2D eigenvalue weighted by Crippen LogP contribution is 2.38. The second kappa shape index (κ2) is 18.4. The zero-order valence-corrected chi connectivity index (χ0v) is 41.2. The Morgan fingerprint density at radius 3 is 1.63 bits per heavy atom. The fourth-order valence-corrected chi connectivity index (χ4v) is 6.97. The van der Waals surface area contributed by atoms with Gasteiger partial charge in [-0.1, -0.05) is 18.2 Å². The highest BCUT2D eigenvalue weighted by atomic mass is 32.1. The molecular formula is C43H60B3N11O9S. The van der Waals surface area contributed by atoms with Gasteiger partial charge in [0.1, 0.15) is 5.82 Å². The average molecular weight is 940 g/mol. The lowest BCUT2D eigenvalue weighted by Gasteiger charge is -2.32. The van der Waals surface area contributed by atoms with Gasteiger partial charge in [0.15, 0.2) is 16.4 Å². The number of hydrogen-bond donors (Lipinski definition) is 4. The minimum Gasteiger partial charge on any atom is -0.450 e. The Labute approximate surface area is 396 Å². The number of anilines is 3. The molecule has 0 atom stereocenters. The van der Waals surface area contributed by atoms with Crippen LogP contribution in [-0.2, 0) is 37.5 Å². The molecule has 67 heavy (non-hydrogen) atoms. The minimum absolute atomic E-state index is 0.0110. The molecule has 8 heterocycles. The molecule has 2 amide bonds.